The van der Waals surface area contributed by atoms with Gasteiger partial charge in [0.25, 0.3) is 0 Å². The molecule has 0 aliphatic carbocycles. The molecule has 0 fully saturated rings. The second kappa shape index (κ2) is 5.81. The maximum Gasteiger partial charge on any atom is 0.0690 e. The normalized spacial score (nSPS) is 16.7. The summed E-state index contributed by atoms with van der Waals surface area (Å²) in [5, 5.41) is 0. The molecule has 1 heterocycles. The van der Waals surface area contributed by atoms with Gasteiger partial charge in [-0.2, -0.15) is 0 Å². The van der Waals surface area contributed by atoms with Gasteiger partial charge in [0.1, 0.15) is 0 Å². The third kappa shape index (κ3) is 7.88. The van der Waals surface area contributed by atoms with Crippen molar-refractivity contribution in [1.29, 1.82) is 0 Å². The number of fused-ring (bicyclic) bond motifs is 1. The largest absolute Gasteiger partial charge is 0.357 e. The molecule has 0 unspecified atom stereocenters. The van der Waals surface area contributed by atoms with Crippen LogP contribution in [-0.2, 0) is 6.54 Å². The minimum atomic E-state index is -11.2. The number of anilines is 1. The zero-order valence-electron chi connectivity index (χ0n) is 11.7. The van der Waals surface area contributed by atoms with Gasteiger partial charge in [0.05, 0.1) is 11.6 Å². The summed E-state index contributed by atoms with van der Waals surface area (Å²) in [7, 11) is 0. The van der Waals surface area contributed by atoms with Gasteiger partial charge in [-0.25, -0.2) is 0 Å². The van der Waals surface area contributed by atoms with Crippen molar-refractivity contribution in [2.75, 3.05) is 10.8 Å². The number of halogens is 6. The molecule has 1 nitrogen and oxygen atoms in total. The van der Waals surface area contributed by atoms with E-state index in [0.717, 1.165) is 12.4 Å². The Hall–Kier alpha value is -1.01. The number of nitrogens with zero attached hydrogens (tertiary/aromatic N) is 1. The van der Waals surface area contributed by atoms with Gasteiger partial charge in [0.15, 0.2) is 0 Å². The van der Waals surface area contributed by atoms with Crippen molar-refractivity contribution < 1.29 is 16.9 Å². The van der Waals surface area contributed by atoms with Crippen molar-refractivity contribution in [1.82, 2.24) is 0 Å². The van der Waals surface area contributed by atoms with Crippen molar-refractivity contribution in [3.05, 3.63) is 60.2 Å². The van der Waals surface area contributed by atoms with Crippen molar-refractivity contribution >= 4 is 36.9 Å². The Kier molecular flexibility index (Phi) is 4.63. The van der Waals surface area contributed by atoms with Crippen LogP contribution in [0.25, 0.3) is 0 Å². The topological polar surface area (TPSA) is 3.24 Å². The van der Waals surface area contributed by atoms with Crippen LogP contribution in [0, 0.1) is 0 Å². The number of para-hydroxylation sites is 1. The molecule has 1 aliphatic heterocycles. The molecule has 0 bridgehead atoms. The van der Waals surface area contributed by atoms with Crippen LogP contribution in [0.4, 0.5) is 22.6 Å². The third-order valence-corrected chi connectivity index (χ3v) is 3.90. The molecule has 0 amide bonds. The van der Waals surface area contributed by atoms with Crippen LogP contribution < -0.4 is 4.90 Å². The van der Waals surface area contributed by atoms with Crippen molar-refractivity contribution in [2.24, 2.45) is 0 Å². The Morgan fingerprint density at radius 3 is 1.96 bits per heavy atom. The monoisotopic (exact) mass is 462 g/mol. The Bertz CT molecular complexity index is 663. The van der Waals surface area contributed by atoms with Gasteiger partial charge < -0.3 is 4.90 Å². The van der Waals surface area contributed by atoms with E-state index in [-0.39, 0.29) is 0 Å². The van der Waals surface area contributed by atoms with E-state index in [1.54, 1.807) is 0 Å². The predicted molar refractivity (Wildman–Crippen MR) is 82.2 cm³/mol. The minimum absolute atomic E-state index is 1.00. The molecule has 3 rings (SSSR count). The third-order valence-electron chi connectivity index (χ3n) is 2.80. The number of rotatable bonds is 2. The van der Waals surface area contributed by atoms with Crippen LogP contribution in [0.1, 0.15) is 5.56 Å². The molecular formula is C14H13F6NSSb-. The number of thioether (sulfide) groups is 1. The van der Waals surface area contributed by atoms with Gasteiger partial charge in [0.2, 0.25) is 0 Å². The Labute approximate surface area is 136 Å². The molecule has 0 spiro atoms. The maximum atomic E-state index is 9.93. The fraction of sp³-hybridized carbons (Fsp3) is 0.143. The molecule has 0 radical (unpaired) electrons. The minimum Gasteiger partial charge on any atom is -0.357 e. The van der Waals surface area contributed by atoms with Crippen molar-refractivity contribution in [2.45, 2.75) is 11.4 Å². The summed E-state index contributed by atoms with van der Waals surface area (Å²) < 4.78 is 59.6. The first-order chi connectivity index (χ1) is 10.4. The standard InChI is InChI=1S/C14H13NS.6FH.Sb/c1-2-6-12(7-3-1)10-15-11-16-14-9-5-4-8-13(14)15;;;;;;;/h1-9H,10-11H2;6*1H;/q;;;;;;;+5/p-6. The molecule has 0 aromatic heterocycles. The van der Waals surface area contributed by atoms with Crippen LogP contribution in [0.5, 0.6) is 0 Å². The summed E-state index contributed by atoms with van der Waals surface area (Å²) >= 11 is -9.33. The molecular weight excluding hydrogens is 450 g/mol. The quantitative estimate of drug-likeness (QED) is 0.404. The van der Waals surface area contributed by atoms with Crippen molar-refractivity contribution in [3.8, 4) is 0 Å². The molecule has 0 saturated carbocycles. The first kappa shape index (κ1) is 18.3. The maximum absolute atomic E-state index is 11.2. The molecule has 2 aromatic carbocycles. The first-order valence-corrected chi connectivity index (χ1v) is 13.2. The van der Waals surface area contributed by atoms with E-state index in [1.807, 2.05) is 11.8 Å². The average Bonchev–Trinajstić information content (AvgIpc) is 2.80. The van der Waals surface area contributed by atoms with Gasteiger partial charge >= 0.3 is 36.4 Å². The summed E-state index contributed by atoms with van der Waals surface area (Å²) in [5.74, 6) is 1.06. The van der Waals surface area contributed by atoms with Gasteiger partial charge in [-0.3, -0.25) is 0 Å². The SMILES string of the molecule is [F][Sb-]([F])([F])([F])([F])[F].c1ccc(CN2CSc3ccccc32)cc1. The predicted octanol–water partition coefficient (Wildman–Crippen LogP) is 5.90. The number of hydrogen-bond acceptors (Lipinski definition) is 2. The summed E-state index contributed by atoms with van der Waals surface area (Å²) in [5.41, 5.74) is 2.75. The van der Waals surface area contributed by atoms with Crippen LogP contribution in [0.15, 0.2) is 59.5 Å². The molecule has 0 saturated heterocycles. The van der Waals surface area contributed by atoms with Gasteiger partial charge in [0, 0.05) is 11.4 Å². The van der Waals surface area contributed by atoms with E-state index >= 15 is 0 Å². The fourth-order valence-electron chi connectivity index (χ4n) is 1.99. The summed E-state index contributed by atoms with van der Waals surface area (Å²) in [4.78, 5) is 3.83. The summed E-state index contributed by atoms with van der Waals surface area (Å²) in [6.45, 7) is 1.00. The Balaban J connectivity index is 0.000000236. The van der Waals surface area contributed by atoms with E-state index in [1.165, 1.54) is 16.1 Å². The molecule has 0 N–H and O–H groups in total. The molecule has 2 aromatic rings. The zero-order valence-corrected chi connectivity index (χ0v) is 15.1. The van der Waals surface area contributed by atoms with Gasteiger partial charge in [-0.15, -0.1) is 11.8 Å². The van der Waals surface area contributed by atoms with Crippen LogP contribution in [0.2, 0.25) is 0 Å². The fourth-order valence-corrected chi connectivity index (χ4v) is 3.04. The molecule has 0 atom stereocenters. The second-order valence-corrected chi connectivity index (χ2v) is 11.3. The Morgan fingerprint density at radius 1 is 0.826 bits per heavy atom. The molecule has 23 heavy (non-hydrogen) atoms. The molecule has 9 heteroatoms. The summed E-state index contributed by atoms with van der Waals surface area (Å²) in [6, 6.07) is 19.3. The molecule has 128 valence electrons. The summed E-state index contributed by atoms with van der Waals surface area (Å²) in [6.07, 6.45) is 0. The van der Waals surface area contributed by atoms with E-state index in [0.29, 0.717) is 0 Å². The van der Waals surface area contributed by atoms with Crippen LogP contribution in [-0.4, -0.2) is 25.4 Å². The van der Waals surface area contributed by atoms with Crippen molar-refractivity contribution in [3.63, 3.8) is 0 Å². The van der Waals surface area contributed by atoms with Crippen LogP contribution >= 0.6 is 11.8 Å². The average molecular weight is 463 g/mol. The number of benzene rings is 2. The van der Waals surface area contributed by atoms with Gasteiger partial charge in [-0.1, -0.05) is 42.5 Å². The van der Waals surface area contributed by atoms with Gasteiger partial charge in [-0.05, 0) is 17.7 Å². The Morgan fingerprint density at radius 2 is 1.35 bits per heavy atom. The van der Waals surface area contributed by atoms with E-state index < -0.39 is 19.5 Å². The van der Waals surface area contributed by atoms with Crippen LogP contribution in [0.3, 0.4) is 0 Å². The smallest absolute Gasteiger partial charge is 0.0690 e. The van der Waals surface area contributed by atoms with E-state index in [2.05, 4.69) is 59.5 Å². The van der Waals surface area contributed by atoms with E-state index in [9.17, 15) is 16.9 Å². The zero-order chi connectivity index (χ0) is 17.2. The first-order valence-electron chi connectivity index (χ1n) is 6.45. The van der Waals surface area contributed by atoms with E-state index in [4.69, 9.17) is 0 Å². The second-order valence-electron chi connectivity index (χ2n) is 4.88. The number of hydrogen-bond donors (Lipinski definition) is 0. The molecule has 1 aliphatic rings.